The van der Waals surface area contributed by atoms with Gasteiger partial charge in [0.2, 0.25) is 0 Å². The van der Waals surface area contributed by atoms with Crippen LogP contribution in [-0.4, -0.2) is 24.5 Å². The molecule has 0 saturated heterocycles. The molecule has 0 fully saturated rings. The van der Waals surface area contributed by atoms with Gasteiger partial charge in [-0.05, 0) is 42.8 Å². The van der Waals surface area contributed by atoms with E-state index in [9.17, 15) is 4.79 Å². The van der Waals surface area contributed by atoms with Gasteiger partial charge in [0, 0.05) is 31.2 Å². The molecule has 5 nitrogen and oxygen atoms in total. The summed E-state index contributed by atoms with van der Waals surface area (Å²) >= 11 is 0. The van der Waals surface area contributed by atoms with Crippen molar-refractivity contribution < 1.29 is 9.53 Å². The maximum absolute atomic E-state index is 12.9. The fourth-order valence-electron chi connectivity index (χ4n) is 2.81. The zero-order valence-corrected chi connectivity index (χ0v) is 15.6. The Balaban J connectivity index is 1.71. The Hall–Kier alpha value is -3.34. The summed E-state index contributed by atoms with van der Waals surface area (Å²) in [5, 5.41) is 3.32. The highest BCUT2D eigenvalue weighted by Gasteiger charge is 2.16. The minimum atomic E-state index is -0.0655. The molecule has 0 aliphatic carbocycles. The van der Waals surface area contributed by atoms with Crippen molar-refractivity contribution in [3.05, 3.63) is 84.2 Å². The highest BCUT2D eigenvalue weighted by molar-refractivity contribution is 6.06. The van der Waals surface area contributed by atoms with E-state index >= 15 is 0 Å². The molecule has 1 heterocycles. The number of carbonyl (C=O) groups is 1. The molecule has 1 amide bonds. The van der Waals surface area contributed by atoms with Crippen LogP contribution in [-0.2, 0) is 6.54 Å². The van der Waals surface area contributed by atoms with Gasteiger partial charge in [0.25, 0.3) is 5.91 Å². The fourth-order valence-corrected chi connectivity index (χ4v) is 2.81. The summed E-state index contributed by atoms with van der Waals surface area (Å²) in [6.45, 7) is 3.19. The number of benzene rings is 2. The minimum Gasteiger partial charge on any atom is -0.497 e. The first-order chi connectivity index (χ1) is 13.2. The van der Waals surface area contributed by atoms with Crippen molar-refractivity contribution >= 4 is 17.3 Å². The predicted octanol–water partition coefficient (Wildman–Crippen LogP) is 4.37. The first-order valence-electron chi connectivity index (χ1n) is 8.90. The number of pyridine rings is 1. The quantitative estimate of drug-likeness (QED) is 0.679. The number of aromatic nitrogens is 1. The molecule has 5 heteroatoms. The van der Waals surface area contributed by atoms with Crippen molar-refractivity contribution in [1.82, 2.24) is 4.98 Å². The topological polar surface area (TPSA) is 54.5 Å². The van der Waals surface area contributed by atoms with Gasteiger partial charge in [-0.25, -0.2) is 0 Å². The molecule has 27 heavy (non-hydrogen) atoms. The molecular formula is C22H23N3O2. The zero-order valence-electron chi connectivity index (χ0n) is 15.6. The molecule has 0 bridgehead atoms. The average Bonchev–Trinajstić information content (AvgIpc) is 2.74. The number of nitrogens with zero attached hydrogens (tertiary/aromatic N) is 2. The Morgan fingerprint density at radius 1 is 1.07 bits per heavy atom. The molecule has 1 N–H and O–H groups in total. The second-order valence-corrected chi connectivity index (χ2v) is 6.05. The van der Waals surface area contributed by atoms with Crippen LogP contribution in [0.1, 0.15) is 22.8 Å². The summed E-state index contributed by atoms with van der Waals surface area (Å²) < 4.78 is 5.17. The minimum absolute atomic E-state index is 0.0655. The monoisotopic (exact) mass is 361 g/mol. The van der Waals surface area contributed by atoms with Crippen LogP contribution in [0, 0.1) is 0 Å². The van der Waals surface area contributed by atoms with Gasteiger partial charge in [-0.3, -0.25) is 9.78 Å². The third kappa shape index (κ3) is 4.64. The van der Waals surface area contributed by atoms with Crippen molar-refractivity contribution in [2.45, 2.75) is 13.5 Å². The first kappa shape index (κ1) is 18.5. The molecule has 0 spiro atoms. The van der Waals surface area contributed by atoms with E-state index < -0.39 is 0 Å². The van der Waals surface area contributed by atoms with Crippen molar-refractivity contribution in [1.29, 1.82) is 0 Å². The standard InChI is InChI=1S/C22H23N3O2/c1-3-25(20-7-5-4-6-8-20)22(26)18-13-19(16-23-15-18)24-14-17-9-11-21(27-2)12-10-17/h4-13,15-16,24H,3,14H2,1-2H3. The second kappa shape index (κ2) is 8.85. The number of ether oxygens (including phenoxy) is 1. The molecular weight excluding hydrogens is 338 g/mol. The molecule has 138 valence electrons. The lowest BCUT2D eigenvalue weighted by atomic mass is 10.2. The van der Waals surface area contributed by atoms with Crippen LogP contribution in [0.4, 0.5) is 11.4 Å². The van der Waals surface area contributed by atoms with Crippen molar-refractivity contribution in [2.75, 3.05) is 23.9 Å². The number of nitrogens with one attached hydrogen (secondary N) is 1. The lowest BCUT2D eigenvalue weighted by Gasteiger charge is -2.21. The van der Waals surface area contributed by atoms with E-state index in [-0.39, 0.29) is 5.91 Å². The van der Waals surface area contributed by atoms with Gasteiger partial charge >= 0.3 is 0 Å². The van der Waals surface area contributed by atoms with Crippen LogP contribution in [0.2, 0.25) is 0 Å². The Labute approximate surface area is 159 Å². The summed E-state index contributed by atoms with van der Waals surface area (Å²) in [5.41, 5.74) is 3.36. The van der Waals surface area contributed by atoms with Gasteiger partial charge in [0.05, 0.1) is 18.4 Å². The number of carbonyl (C=O) groups excluding carboxylic acids is 1. The number of para-hydroxylation sites is 1. The van der Waals surface area contributed by atoms with E-state index in [1.165, 1.54) is 0 Å². The molecule has 0 aliphatic heterocycles. The average molecular weight is 361 g/mol. The summed E-state index contributed by atoms with van der Waals surface area (Å²) in [6.07, 6.45) is 3.33. The fraction of sp³-hybridized carbons (Fsp3) is 0.182. The van der Waals surface area contributed by atoms with Crippen molar-refractivity contribution in [3.63, 3.8) is 0 Å². The van der Waals surface area contributed by atoms with Crippen molar-refractivity contribution in [3.8, 4) is 5.75 Å². The number of hydrogen-bond donors (Lipinski definition) is 1. The van der Waals surface area contributed by atoms with Crippen LogP contribution >= 0.6 is 0 Å². The Morgan fingerprint density at radius 3 is 2.48 bits per heavy atom. The molecule has 3 rings (SSSR count). The van der Waals surface area contributed by atoms with E-state index in [1.54, 1.807) is 24.4 Å². The molecule has 0 saturated carbocycles. The maximum atomic E-state index is 12.9. The summed E-state index contributed by atoms with van der Waals surface area (Å²) in [7, 11) is 1.65. The van der Waals surface area contributed by atoms with Gasteiger partial charge in [0.15, 0.2) is 0 Å². The maximum Gasteiger partial charge on any atom is 0.259 e. The van der Waals surface area contributed by atoms with E-state index in [4.69, 9.17) is 4.74 Å². The van der Waals surface area contributed by atoms with Gasteiger partial charge < -0.3 is 15.0 Å². The lowest BCUT2D eigenvalue weighted by molar-refractivity contribution is 0.0988. The van der Waals surface area contributed by atoms with Gasteiger partial charge in [-0.1, -0.05) is 30.3 Å². The lowest BCUT2D eigenvalue weighted by Crippen LogP contribution is -2.30. The van der Waals surface area contributed by atoms with Gasteiger partial charge in [0.1, 0.15) is 5.75 Å². The van der Waals surface area contributed by atoms with Crippen LogP contribution < -0.4 is 15.0 Å². The van der Waals surface area contributed by atoms with E-state index in [0.717, 1.165) is 22.7 Å². The normalized spacial score (nSPS) is 10.3. The molecule has 0 aliphatic rings. The molecule has 0 unspecified atom stereocenters. The molecule has 0 atom stereocenters. The molecule has 1 aromatic heterocycles. The molecule has 3 aromatic rings. The summed E-state index contributed by atoms with van der Waals surface area (Å²) in [4.78, 5) is 18.9. The number of anilines is 2. The summed E-state index contributed by atoms with van der Waals surface area (Å²) in [5.74, 6) is 0.762. The highest BCUT2D eigenvalue weighted by Crippen LogP contribution is 2.19. The number of amides is 1. The van der Waals surface area contributed by atoms with Crippen molar-refractivity contribution in [2.24, 2.45) is 0 Å². The SMILES string of the molecule is CCN(C(=O)c1cncc(NCc2ccc(OC)cc2)c1)c1ccccc1. The Bertz CT molecular complexity index is 880. The largest absolute Gasteiger partial charge is 0.497 e. The van der Waals surface area contributed by atoms with Crippen LogP contribution in [0.15, 0.2) is 73.1 Å². The van der Waals surface area contributed by atoms with Crippen LogP contribution in [0.3, 0.4) is 0 Å². The van der Waals surface area contributed by atoms with Crippen LogP contribution in [0.25, 0.3) is 0 Å². The zero-order chi connectivity index (χ0) is 19.1. The van der Waals surface area contributed by atoms with E-state index in [2.05, 4.69) is 10.3 Å². The van der Waals surface area contributed by atoms with Gasteiger partial charge in [-0.2, -0.15) is 0 Å². The first-order valence-corrected chi connectivity index (χ1v) is 8.90. The number of methoxy groups -OCH3 is 1. The second-order valence-electron chi connectivity index (χ2n) is 6.05. The Kier molecular flexibility index (Phi) is 6.05. The molecule has 0 radical (unpaired) electrons. The van der Waals surface area contributed by atoms with Gasteiger partial charge in [-0.15, -0.1) is 0 Å². The third-order valence-electron chi connectivity index (χ3n) is 4.27. The summed E-state index contributed by atoms with van der Waals surface area (Å²) in [6, 6.07) is 19.3. The number of rotatable bonds is 7. The van der Waals surface area contributed by atoms with Crippen LogP contribution in [0.5, 0.6) is 5.75 Å². The van der Waals surface area contributed by atoms with E-state index in [1.807, 2.05) is 67.6 Å². The smallest absolute Gasteiger partial charge is 0.259 e. The third-order valence-corrected chi connectivity index (χ3v) is 4.27. The Morgan fingerprint density at radius 2 is 1.81 bits per heavy atom. The molecule has 2 aromatic carbocycles. The number of hydrogen-bond acceptors (Lipinski definition) is 4. The highest BCUT2D eigenvalue weighted by atomic mass is 16.5. The van der Waals surface area contributed by atoms with E-state index in [0.29, 0.717) is 18.7 Å². The predicted molar refractivity (Wildman–Crippen MR) is 108 cm³/mol.